The molecule has 374 valence electrons. The van der Waals surface area contributed by atoms with Crippen LogP contribution >= 0.6 is 0 Å². The summed E-state index contributed by atoms with van der Waals surface area (Å²) in [4.78, 5) is 12.5. The first-order valence-electron chi connectivity index (χ1n) is 28.6. The van der Waals surface area contributed by atoms with Crippen LogP contribution in [0.1, 0.15) is 316 Å². The van der Waals surface area contributed by atoms with E-state index in [1.807, 2.05) is 0 Å². The van der Waals surface area contributed by atoms with Gasteiger partial charge in [-0.25, -0.2) is 0 Å². The van der Waals surface area contributed by atoms with E-state index in [2.05, 4.69) is 43.5 Å². The van der Waals surface area contributed by atoms with Crippen molar-refractivity contribution in [2.75, 3.05) is 6.61 Å². The maximum Gasteiger partial charge on any atom is 0.220 e. The van der Waals surface area contributed by atoms with E-state index in [0.29, 0.717) is 12.8 Å². The number of aliphatic hydroxyl groups is 3. The highest BCUT2D eigenvalue weighted by Crippen LogP contribution is 2.18. The average molecular weight is 889 g/mol. The van der Waals surface area contributed by atoms with Gasteiger partial charge in [-0.3, -0.25) is 4.79 Å². The number of hydrogen-bond acceptors (Lipinski definition) is 4. The number of unbranched alkanes of at least 4 members (excludes halogenated alkanes) is 41. The normalized spacial score (nSPS) is 13.4. The van der Waals surface area contributed by atoms with Gasteiger partial charge in [0.2, 0.25) is 5.91 Å². The van der Waals surface area contributed by atoms with Crippen LogP contribution in [-0.2, 0) is 4.79 Å². The predicted molar refractivity (Wildman–Crippen MR) is 278 cm³/mol. The Labute approximate surface area is 394 Å². The summed E-state index contributed by atoms with van der Waals surface area (Å²) in [5.74, 6) is -0.152. The lowest BCUT2D eigenvalue weighted by molar-refractivity contribution is -0.124. The van der Waals surface area contributed by atoms with Crippen molar-refractivity contribution in [2.45, 2.75) is 334 Å². The van der Waals surface area contributed by atoms with Gasteiger partial charge in [0.15, 0.2) is 0 Å². The molecule has 0 bridgehead atoms. The summed E-state index contributed by atoms with van der Waals surface area (Å²) in [5.41, 5.74) is 0. The number of allylic oxidation sites excluding steroid dienone is 4. The van der Waals surface area contributed by atoms with Crippen LogP contribution in [0, 0.1) is 0 Å². The first kappa shape index (κ1) is 61.8. The van der Waals surface area contributed by atoms with Crippen LogP contribution in [0.4, 0.5) is 0 Å². The average Bonchev–Trinajstić information content (AvgIpc) is 3.29. The van der Waals surface area contributed by atoms with E-state index in [4.69, 9.17) is 0 Å². The van der Waals surface area contributed by atoms with Crippen molar-refractivity contribution < 1.29 is 20.1 Å². The van der Waals surface area contributed by atoms with Crippen LogP contribution in [0.25, 0.3) is 0 Å². The van der Waals surface area contributed by atoms with E-state index >= 15 is 0 Å². The maximum atomic E-state index is 12.5. The highest BCUT2D eigenvalue weighted by Gasteiger charge is 2.26. The lowest BCUT2D eigenvalue weighted by atomic mass is 10.0. The molecule has 0 heterocycles. The molecule has 0 saturated heterocycles. The molecule has 5 heteroatoms. The topological polar surface area (TPSA) is 89.8 Å². The molecule has 0 radical (unpaired) electrons. The standard InChI is InChI=1S/C58H113NO4/c1-3-5-7-9-11-13-15-17-19-21-22-23-24-25-26-27-28-29-30-31-32-33-34-35-36-37-39-41-43-45-47-49-51-53-57(62)59-55(54-60)58(63)56(61)52-50-48-46-44-42-40-38-20-18-16-14-12-10-8-6-4-2/h20,38,44,46,55-56,58,60-61,63H,3-19,21-37,39-43,45,47-54H2,1-2H3,(H,59,62)/b38-20+,46-44+. The van der Waals surface area contributed by atoms with Crippen LogP contribution in [-0.4, -0.2) is 46.1 Å². The van der Waals surface area contributed by atoms with Crippen molar-refractivity contribution in [2.24, 2.45) is 0 Å². The van der Waals surface area contributed by atoms with Crippen molar-refractivity contribution >= 4 is 5.91 Å². The lowest BCUT2D eigenvalue weighted by Crippen LogP contribution is -2.50. The molecule has 0 spiro atoms. The van der Waals surface area contributed by atoms with Crippen molar-refractivity contribution in [1.29, 1.82) is 0 Å². The summed E-state index contributed by atoms with van der Waals surface area (Å²) in [7, 11) is 0. The first-order valence-corrected chi connectivity index (χ1v) is 28.6. The molecule has 0 aromatic rings. The summed E-state index contributed by atoms with van der Waals surface area (Å²) in [6, 6.07) is -0.830. The molecule has 0 aromatic carbocycles. The molecular weight excluding hydrogens is 775 g/mol. The zero-order chi connectivity index (χ0) is 45.8. The molecule has 3 atom stereocenters. The van der Waals surface area contributed by atoms with Crippen LogP contribution in [0.15, 0.2) is 24.3 Å². The highest BCUT2D eigenvalue weighted by molar-refractivity contribution is 5.76. The third-order valence-corrected chi connectivity index (χ3v) is 13.5. The van der Waals surface area contributed by atoms with Crippen molar-refractivity contribution in [3.63, 3.8) is 0 Å². The minimum absolute atomic E-state index is 0.152. The number of aliphatic hydroxyl groups excluding tert-OH is 3. The van der Waals surface area contributed by atoms with Crippen LogP contribution in [0.5, 0.6) is 0 Å². The first-order chi connectivity index (χ1) is 31.1. The predicted octanol–water partition coefficient (Wildman–Crippen LogP) is 17.7. The van der Waals surface area contributed by atoms with Crippen LogP contribution in [0.2, 0.25) is 0 Å². The smallest absolute Gasteiger partial charge is 0.220 e. The SMILES string of the molecule is CCCCCCCCC/C=C/CC/C=C/CCCC(O)C(O)C(CO)NC(=O)CCCCCCCCCCCCCCCCCCCCCCCCCCCCCCCCCCC. The minimum atomic E-state index is -1.16. The monoisotopic (exact) mass is 888 g/mol. The number of carbonyl (C=O) groups is 1. The van der Waals surface area contributed by atoms with Crippen molar-refractivity contribution in [1.82, 2.24) is 5.32 Å². The molecule has 4 N–H and O–H groups in total. The fraction of sp³-hybridized carbons (Fsp3) is 0.914. The Hall–Kier alpha value is -1.17. The lowest BCUT2D eigenvalue weighted by Gasteiger charge is -2.26. The molecule has 0 aromatic heterocycles. The van der Waals surface area contributed by atoms with Crippen molar-refractivity contribution in [3.05, 3.63) is 24.3 Å². The van der Waals surface area contributed by atoms with Gasteiger partial charge in [-0.15, -0.1) is 0 Å². The number of carbonyl (C=O) groups excluding carboxylic acids is 1. The zero-order valence-corrected chi connectivity index (χ0v) is 42.7. The Morgan fingerprint density at radius 3 is 0.968 bits per heavy atom. The summed E-state index contributed by atoms with van der Waals surface area (Å²) in [6.07, 6.45) is 67.8. The third-order valence-electron chi connectivity index (χ3n) is 13.5. The van der Waals surface area contributed by atoms with Crippen molar-refractivity contribution in [3.8, 4) is 0 Å². The highest BCUT2D eigenvalue weighted by atomic mass is 16.3. The van der Waals surface area contributed by atoms with E-state index in [0.717, 1.165) is 44.9 Å². The molecule has 5 nitrogen and oxygen atoms in total. The Morgan fingerprint density at radius 2 is 0.651 bits per heavy atom. The molecule has 0 aliphatic carbocycles. The van der Waals surface area contributed by atoms with Gasteiger partial charge >= 0.3 is 0 Å². The number of hydrogen-bond donors (Lipinski definition) is 4. The van der Waals surface area contributed by atoms with E-state index in [9.17, 15) is 20.1 Å². The molecule has 1 amide bonds. The Morgan fingerprint density at radius 1 is 0.381 bits per heavy atom. The van der Waals surface area contributed by atoms with Gasteiger partial charge in [-0.1, -0.05) is 282 Å². The van der Waals surface area contributed by atoms with E-state index in [-0.39, 0.29) is 12.5 Å². The van der Waals surface area contributed by atoms with Crippen LogP contribution < -0.4 is 5.32 Å². The molecule has 0 aliphatic rings. The van der Waals surface area contributed by atoms with E-state index < -0.39 is 18.2 Å². The summed E-state index contributed by atoms with van der Waals surface area (Å²) in [5, 5.41) is 33.7. The Bertz CT molecular complexity index is 936. The van der Waals surface area contributed by atoms with Gasteiger partial charge in [-0.2, -0.15) is 0 Å². The Kier molecular flexibility index (Phi) is 52.5. The zero-order valence-electron chi connectivity index (χ0n) is 42.7. The molecule has 3 unspecified atom stereocenters. The summed E-state index contributed by atoms with van der Waals surface area (Å²) in [6.45, 7) is 4.19. The summed E-state index contributed by atoms with van der Waals surface area (Å²) < 4.78 is 0. The third kappa shape index (κ3) is 48.6. The maximum absolute atomic E-state index is 12.5. The van der Waals surface area contributed by atoms with Gasteiger partial charge in [0.05, 0.1) is 18.8 Å². The largest absolute Gasteiger partial charge is 0.394 e. The molecule has 0 fully saturated rings. The van der Waals surface area contributed by atoms with Gasteiger partial charge in [0.25, 0.3) is 0 Å². The molecule has 0 aliphatic heterocycles. The van der Waals surface area contributed by atoms with E-state index in [1.54, 1.807) is 0 Å². The quantitative estimate of drug-likeness (QED) is 0.0362. The number of amides is 1. The molecule has 0 rings (SSSR count). The van der Waals surface area contributed by atoms with Gasteiger partial charge in [0, 0.05) is 6.42 Å². The van der Waals surface area contributed by atoms with Gasteiger partial charge < -0.3 is 20.6 Å². The second-order valence-corrected chi connectivity index (χ2v) is 19.8. The molecule has 0 saturated carbocycles. The summed E-state index contributed by atoms with van der Waals surface area (Å²) >= 11 is 0. The van der Waals surface area contributed by atoms with Crippen LogP contribution in [0.3, 0.4) is 0 Å². The number of rotatable bonds is 53. The molecule has 63 heavy (non-hydrogen) atoms. The second kappa shape index (κ2) is 53.4. The minimum Gasteiger partial charge on any atom is -0.394 e. The fourth-order valence-electron chi connectivity index (χ4n) is 9.12. The molecular formula is C58H113NO4. The van der Waals surface area contributed by atoms with Gasteiger partial charge in [0.1, 0.15) is 6.10 Å². The van der Waals surface area contributed by atoms with Gasteiger partial charge in [-0.05, 0) is 51.4 Å². The number of nitrogens with one attached hydrogen (secondary N) is 1. The second-order valence-electron chi connectivity index (χ2n) is 19.8. The van der Waals surface area contributed by atoms with E-state index in [1.165, 1.54) is 244 Å². The Balaban J connectivity index is 3.48. The fourth-order valence-corrected chi connectivity index (χ4v) is 9.12.